The lowest BCUT2D eigenvalue weighted by atomic mass is 10.2. The van der Waals surface area contributed by atoms with Crippen LogP contribution in [0.2, 0.25) is 0 Å². The summed E-state index contributed by atoms with van der Waals surface area (Å²) in [6.45, 7) is 10.9. The predicted molar refractivity (Wildman–Crippen MR) is 82.7 cm³/mol. The van der Waals surface area contributed by atoms with Crippen LogP contribution in [0.25, 0.3) is 0 Å². The van der Waals surface area contributed by atoms with Gasteiger partial charge in [0.05, 0.1) is 22.4 Å². The Bertz CT molecular complexity index is 477. The Morgan fingerprint density at radius 1 is 1.45 bits per heavy atom. The molecular weight excluding hydrogens is 322 g/mol. The Hall–Kier alpha value is -1.04. The maximum Gasteiger partial charge on any atom is 0.410 e. The number of hydrogen-bond acceptors (Lipinski definition) is 3. The Balaban J connectivity index is 2.84. The molecule has 0 saturated heterocycles. The van der Waals surface area contributed by atoms with E-state index >= 15 is 0 Å². The summed E-state index contributed by atoms with van der Waals surface area (Å²) in [5.41, 5.74) is 1.45. The van der Waals surface area contributed by atoms with Crippen molar-refractivity contribution in [2.45, 2.75) is 59.7 Å². The standard InChI is InChI=1S/C14H24BrN3O2/c1-7-8-18-11(12(15)10(2)16-18)9-17(6)13(19)20-14(3,4)5/h7-9H2,1-6H3. The first-order valence-corrected chi connectivity index (χ1v) is 7.61. The summed E-state index contributed by atoms with van der Waals surface area (Å²) in [4.78, 5) is 13.6. The van der Waals surface area contributed by atoms with Crippen LogP contribution in [0.5, 0.6) is 0 Å². The smallest absolute Gasteiger partial charge is 0.410 e. The van der Waals surface area contributed by atoms with Gasteiger partial charge in [0.2, 0.25) is 0 Å². The van der Waals surface area contributed by atoms with Crippen LogP contribution in [0.4, 0.5) is 4.79 Å². The second kappa shape index (κ2) is 6.61. The van der Waals surface area contributed by atoms with Crippen LogP contribution < -0.4 is 0 Å². The fourth-order valence-electron chi connectivity index (χ4n) is 1.78. The molecule has 20 heavy (non-hydrogen) atoms. The highest BCUT2D eigenvalue weighted by atomic mass is 79.9. The van der Waals surface area contributed by atoms with Crippen LogP contribution in [0.1, 0.15) is 45.5 Å². The van der Waals surface area contributed by atoms with Crippen LogP contribution in [-0.2, 0) is 17.8 Å². The minimum Gasteiger partial charge on any atom is -0.444 e. The van der Waals surface area contributed by atoms with Crippen LogP contribution in [0.15, 0.2) is 4.47 Å². The highest BCUT2D eigenvalue weighted by Gasteiger charge is 2.22. The minimum atomic E-state index is -0.484. The molecule has 1 rings (SSSR count). The average molecular weight is 346 g/mol. The second-order valence-corrected chi connectivity index (χ2v) is 6.70. The van der Waals surface area contributed by atoms with Gasteiger partial charge < -0.3 is 9.64 Å². The van der Waals surface area contributed by atoms with E-state index in [2.05, 4.69) is 28.0 Å². The molecule has 0 unspecified atom stereocenters. The van der Waals surface area contributed by atoms with Gasteiger partial charge in [-0.25, -0.2) is 4.79 Å². The van der Waals surface area contributed by atoms with Crippen molar-refractivity contribution in [3.8, 4) is 0 Å². The fourth-order valence-corrected chi connectivity index (χ4v) is 2.19. The molecule has 0 fully saturated rings. The molecule has 0 bridgehead atoms. The van der Waals surface area contributed by atoms with E-state index in [4.69, 9.17) is 4.74 Å². The number of amides is 1. The second-order valence-electron chi connectivity index (χ2n) is 5.91. The summed E-state index contributed by atoms with van der Waals surface area (Å²) in [6, 6.07) is 0. The maximum atomic E-state index is 12.0. The summed E-state index contributed by atoms with van der Waals surface area (Å²) in [5.74, 6) is 0. The van der Waals surface area contributed by atoms with Crippen molar-refractivity contribution in [1.82, 2.24) is 14.7 Å². The molecule has 0 radical (unpaired) electrons. The zero-order chi connectivity index (χ0) is 15.5. The monoisotopic (exact) mass is 345 g/mol. The van der Waals surface area contributed by atoms with Gasteiger partial charge in [-0.2, -0.15) is 5.10 Å². The topological polar surface area (TPSA) is 47.4 Å². The number of aromatic nitrogens is 2. The summed E-state index contributed by atoms with van der Waals surface area (Å²) >= 11 is 3.55. The van der Waals surface area contributed by atoms with Crippen molar-refractivity contribution in [2.75, 3.05) is 7.05 Å². The molecule has 1 aromatic rings. The number of halogens is 1. The number of aryl methyl sites for hydroxylation is 2. The molecule has 114 valence electrons. The van der Waals surface area contributed by atoms with Gasteiger partial charge in [-0.05, 0) is 50.0 Å². The van der Waals surface area contributed by atoms with E-state index in [1.165, 1.54) is 0 Å². The zero-order valence-electron chi connectivity index (χ0n) is 13.2. The van der Waals surface area contributed by atoms with Crippen molar-refractivity contribution in [3.63, 3.8) is 0 Å². The molecular formula is C14H24BrN3O2. The van der Waals surface area contributed by atoms with Crippen LogP contribution in [0.3, 0.4) is 0 Å². The third-order valence-corrected chi connectivity index (χ3v) is 3.71. The average Bonchev–Trinajstić information content (AvgIpc) is 2.55. The molecule has 0 saturated carbocycles. The number of hydrogen-bond donors (Lipinski definition) is 0. The summed E-state index contributed by atoms with van der Waals surface area (Å²) < 4.78 is 8.26. The SMILES string of the molecule is CCCn1nc(C)c(Br)c1CN(C)C(=O)OC(C)(C)C. The van der Waals surface area contributed by atoms with Crippen molar-refractivity contribution < 1.29 is 9.53 Å². The normalized spacial score (nSPS) is 11.6. The lowest BCUT2D eigenvalue weighted by Crippen LogP contribution is -2.34. The maximum absolute atomic E-state index is 12.0. The van der Waals surface area contributed by atoms with Gasteiger partial charge in [0.25, 0.3) is 0 Å². The third-order valence-electron chi connectivity index (χ3n) is 2.68. The Morgan fingerprint density at radius 2 is 2.05 bits per heavy atom. The van der Waals surface area contributed by atoms with Crippen LogP contribution in [-0.4, -0.2) is 33.4 Å². The van der Waals surface area contributed by atoms with E-state index in [-0.39, 0.29) is 6.09 Å². The third kappa shape index (κ3) is 4.51. The molecule has 0 N–H and O–H groups in total. The van der Waals surface area contributed by atoms with E-state index in [0.29, 0.717) is 6.54 Å². The Labute approximate surface area is 129 Å². The van der Waals surface area contributed by atoms with Crippen molar-refractivity contribution >= 4 is 22.0 Å². The highest BCUT2D eigenvalue weighted by Crippen LogP contribution is 2.23. The van der Waals surface area contributed by atoms with E-state index in [9.17, 15) is 4.79 Å². The minimum absolute atomic E-state index is 0.327. The molecule has 0 aliphatic rings. The molecule has 0 aliphatic carbocycles. The van der Waals surface area contributed by atoms with Crippen molar-refractivity contribution in [3.05, 3.63) is 15.9 Å². The van der Waals surface area contributed by atoms with E-state index in [1.807, 2.05) is 32.4 Å². The van der Waals surface area contributed by atoms with Gasteiger partial charge >= 0.3 is 6.09 Å². The number of rotatable bonds is 4. The fraction of sp³-hybridized carbons (Fsp3) is 0.714. The van der Waals surface area contributed by atoms with Gasteiger partial charge in [0.1, 0.15) is 5.60 Å². The van der Waals surface area contributed by atoms with Gasteiger partial charge in [-0.3, -0.25) is 4.68 Å². The van der Waals surface area contributed by atoms with Crippen molar-refractivity contribution in [1.29, 1.82) is 0 Å². The molecule has 5 nitrogen and oxygen atoms in total. The Kier molecular flexibility index (Phi) is 5.62. The van der Waals surface area contributed by atoms with E-state index < -0.39 is 5.60 Å². The largest absolute Gasteiger partial charge is 0.444 e. The molecule has 0 aromatic carbocycles. The number of carbonyl (C=O) groups is 1. The van der Waals surface area contributed by atoms with Crippen LogP contribution >= 0.6 is 15.9 Å². The molecule has 0 aliphatic heterocycles. The predicted octanol–water partition coefficient (Wildman–Crippen LogP) is 3.73. The molecule has 0 atom stereocenters. The van der Waals surface area contributed by atoms with E-state index in [1.54, 1.807) is 11.9 Å². The van der Waals surface area contributed by atoms with Gasteiger partial charge in [-0.1, -0.05) is 6.92 Å². The summed E-state index contributed by atoms with van der Waals surface area (Å²) in [7, 11) is 1.74. The molecule has 1 heterocycles. The number of nitrogens with zero attached hydrogens (tertiary/aromatic N) is 3. The van der Waals surface area contributed by atoms with E-state index in [0.717, 1.165) is 28.8 Å². The lowest BCUT2D eigenvalue weighted by Gasteiger charge is -2.25. The quantitative estimate of drug-likeness (QED) is 0.835. The van der Waals surface area contributed by atoms with Gasteiger partial charge in [-0.15, -0.1) is 0 Å². The Morgan fingerprint density at radius 3 is 2.55 bits per heavy atom. The summed E-state index contributed by atoms with van der Waals surface area (Å²) in [5, 5.41) is 4.48. The number of ether oxygens (including phenoxy) is 1. The molecule has 6 heteroatoms. The van der Waals surface area contributed by atoms with Gasteiger partial charge in [0.15, 0.2) is 0 Å². The van der Waals surface area contributed by atoms with Gasteiger partial charge in [0, 0.05) is 13.6 Å². The first-order chi connectivity index (χ1) is 9.15. The number of carbonyl (C=O) groups excluding carboxylic acids is 1. The lowest BCUT2D eigenvalue weighted by molar-refractivity contribution is 0.0280. The first kappa shape index (κ1) is 17.0. The molecule has 0 spiro atoms. The zero-order valence-corrected chi connectivity index (χ0v) is 14.7. The van der Waals surface area contributed by atoms with Crippen LogP contribution in [0, 0.1) is 6.92 Å². The molecule has 1 aromatic heterocycles. The van der Waals surface area contributed by atoms with Crippen molar-refractivity contribution in [2.24, 2.45) is 0 Å². The first-order valence-electron chi connectivity index (χ1n) is 6.81. The highest BCUT2D eigenvalue weighted by molar-refractivity contribution is 9.10. The summed E-state index contributed by atoms with van der Waals surface area (Å²) in [6.07, 6.45) is 0.669. The molecule has 1 amide bonds.